The third-order valence-electron chi connectivity index (χ3n) is 3.00. The highest BCUT2D eigenvalue weighted by Crippen LogP contribution is 2.15. The average molecular weight is 230 g/mol. The molecular weight excluding hydrogens is 208 g/mol. The molecule has 16 heavy (non-hydrogen) atoms. The Morgan fingerprint density at radius 1 is 1.38 bits per heavy atom. The molecule has 0 saturated heterocycles. The van der Waals surface area contributed by atoms with Crippen LogP contribution in [0.2, 0.25) is 0 Å². The molecule has 1 unspecified atom stereocenters. The van der Waals surface area contributed by atoms with E-state index >= 15 is 0 Å². The maximum atomic E-state index is 11.8. The summed E-state index contributed by atoms with van der Waals surface area (Å²) in [6, 6.07) is -0.237. The first-order valence-corrected chi connectivity index (χ1v) is 5.36. The minimum Gasteiger partial charge on any atom is -0.480 e. The van der Waals surface area contributed by atoms with Crippen LogP contribution in [0.3, 0.4) is 0 Å². The normalized spacial score (nSPS) is 13.7. The largest absolute Gasteiger partial charge is 0.480 e. The van der Waals surface area contributed by atoms with Crippen LogP contribution in [0.4, 0.5) is 0 Å². The van der Waals surface area contributed by atoms with Gasteiger partial charge in [-0.2, -0.15) is 0 Å². The van der Waals surface area contributed by atoms with Gasteiger partial charge in [0, 0.05) is 19.5 Å². The van der Waals surface area contributed by atoms with Crippen molar-refractivity contribution in [3.63, 3.8) is 0 Å². The van der Waals surface area contributed by atoms with Crippen LogP contribution in [0.25, 0.3) is 0 Å². The van der Waals surface area contributed by atoms with Crippen LogP contribution in [0, 0.1) is 5.92 Å². The monoisotopic (exact) mass is 230 g/mol. The van der Waals surface area contributed by atoms with Crippen molar-refractivity contribution in [1.29, 1.82) is 0 Å². The number of likely N-dealkylation sites (N-methyl/N-ethyl adjacent to an activating group) is 1. The number of rotatable bonds is 5. The molecule has 94 valence electrons. The van der Waals surface area contributed by atoms with E-state index in [2.05, 4.69) is 0 Å². The van der Waals surface area contributed by atoms with Crippen molar-refractivity contribution in [3.8, 4) is 0 Å². The molecule has 0 spiro atoms. The number of nitrogens with zero attached hydrogens (tertiary/aromatic N) is 1. The second-order valence-electron chi connectivity index (χ2n) is 4.93. The molecular formula is C11H22N2O3. The second-order valence-corrected chi connectivity index (χ2v) is 4.93. The number of amides is 1. The van der Waals surface area contributed by atoms with Gasteiger partial charge in [0.25, 0.3) is 0 Å². The first-order chi connectivity index (χ1) is 7.10. The van der Waals surface area contributed by atoms with Crippen LogP contribution >= 0.6 is 0 Å². The standard InChI is InChI=1S/C11H22N2O3/c1-7(2)8(12)6-9(14)13(5)11(3,4)10(15)16/h7-8H,6,12H2,1-5H3,(H,15,16). The summed E-state index contributed by atoms with van der Waals surface area (Å²) in [6.07, 6.45) is 0.172. The maximum absolute atomic E-state index is 11.8. The number of aliphatic carboxylic acids is 1. The Hall–Kier alpha value is -1.10. The van der Waals surface area contributed by atoms with Gasteiger partial charge in [-0.25, -0.2) is 4.79 Å². The molecule has 0 aliphatic heterocycles. The number of carboxylic acids is 1. The topological polar surface area (TPSA) is 83.6 Å². The van der Waals surface area contributed by atoms with Crippen molar-refractivity contribution in [1.82, 2.24) is 4.90 Å². The van der Waals surface area contributed by atoms with E-state index in [1.54, 1.807) is 0 Å². The van der Waals surface area contributed by atoms with E-state index in [1.165, 1.54) is 25.8 Å². The van der Waals surface area contributed by atoms with Gasteiger partial charge in [-0.15, -0.1) is 0 Å². The number of hydrogen-bond acceptors (Lipinski definition) is 3. The smallest absolute Gasteiger partial charge is 0.329 e. The van der Waals surface area contributed by atoms with Crippen LogP contribution in [0.15, 0.2) is 0 Å². The summed E-state index contributed by atoms with van der Waals surface area (Å²) >= 11 is 0. The van der Waals surface area contributed by atoms with Crippen LogP contribution < -0.4 is 5.73 Å². The highest BCUT2D eigenvalue weighted by Gasteiger charge is 2.35. The van der Waals surface area contributed by atoms with Crippen molar-refractivity contribution >= 4 is 11.9 Å². The van der Waals surface area contributed by atoms with Crippen LogP contribution in [-0.2, 0) is 9.59 Å². The molecule has 0 aromatic rings. The fourth-order valence-corrected chi connectivity index (χ4v) is 1.03. The Balaban J connectivity index is 4.57. The first-order valence-electron chi connectivity index (χ1n) is 5.36. The summed E-state index contributed by atoms with van der Waals surface area (Å²) in [5.41, 5.74) is 4.58. The summed E-state index contributed by atoms with van der Waals surface area (Å²) in [5.74, 6) is -1.07. The van der Waals surface area contributed by atoms with E-state index in [0.717, 1.165) is 0 Å². The lowest BCUT2D eigenvalue weighted by Gasteiger charge is -2.32. The maximum Gasteiger partial charge on any atom is 0.329 e. The predicted molar refractivity (Wildman–Crippen MR) is 61.9 cm³/mol. The van der Waals surface area contributed by atoms with Crippen molar-refractivity contribution in [3.05, 3.63) is 0 Å². The van der Waals surface area contributed by atoms with E-state index in [1.807, 2.05) is 13.8 Å². The highest BCUT2D eigenvalue weighted by atomic mass is 16.4. The molecule has 0 bridgehead atoms. The second kappa shape index (κ2) is 5.30. The lowest BCUT2D eigenvalue weighted by atomic mass is 9.99. The van der Waals surface area contributed by atoms with Gasteiger partial charge >= 0.3 is 5.97 Å². The van der Waals surface area contributed by atoms with Gasteiger partial charge in [-0.1, -0.05) is 13.8 Å². The Labute approximate surface area is 96.6 Å². The summed E-state index contributed by atoms with van der Waals surface area (Å²) in [4.78, 5) is 24.0. The van der Waals surface area contributed by atoms with Gasteiger partial charge in [0.1, 0.15) is 5.54 Å². The van der Waals surface area contributed by atoms with Gasteiger partial charge in [-0.3, -0.25) is 4.79 Å². The molecule has 0 saturated carbocycles. The Bertz CT molecular complexity index is 274. The van der Waals surface area contributed by atoms with E-state index in [9.17, 15) is 9.59 Å². The zero-order chi connectivity index (χ0) is 13.1. The summed E-state index contributed by atoms with van der Waals surface area (Å²) in [5, 5.41) is 8.98. The minimum atomic E-state index is -1.20. The molecule has 0 radical (unpaired) electrons. The Morgan fingerprint density at radius 3 is 2.12 bits per heavy atom. The van der Waals surface area contributed by atoms with Crippen molar-refractivity contribution < 1.29 is 14.7 Å². The Kier molecular flexibility index (Phi) is 4.93. The lowest BCUT2D eigenvalue weighted by molar-refractivity contribution is -0.155. The molecule has 0 aliphatic rings. The quantitative estimate of drug-likeness (QED) is 0.727. The summed E-state index contributed by atoms with van der Waals surface area (Å²) in [6.45, 7) is 6.85. The zero-order valence-corrected chi connectivity index (χ0v) is 10.7. The zero-order valence-electron chi connectivity index (χ0n) is 10.7. The van der Waals surface area contributed by atoms with Crippen molar-refractivity contribution in [2.24, 2.45) is 11.7 Å². The molecule has 0 aromatic heterocycles. The fraction of sp³-hybridized carbons (Fsp3) is 0.818. The summed E-state index contributed by atoms with van der Waals surface area (Å²) in [7, 11) is 1.49. The van der Waals surface area contributed by atoms with Gasteiger partial charge in [-0.05, 0) is 19.8 Å². The predicted octanol–water partition coefficient (Wildman–Crippen LogP) is 0.681. The van der Waals surface area contributed by atoms with Crippen molar-refractivity contribution in [2.75, 3.05) is 7.05 Å². The summed E-state index contributed by atoms with van der Waals surface area (Å²) < 4.78 is 0. The highest BCUT2D eigenvalue weighted by molar-refractivity contribution is 5.86. The SMILES string of the molecule is CC(C)C(N)CC(=O)N(C)C(C)(C)C(=O)O. The number of carbonyl (C=O) groups excluding carboxylic acids is 1. The van der Waals surface area contributed by atoms with Crippen LogP contribution in [-0.4, -0.2) is 40.5 Å². The van der Waals surface area contributed by atoms with Crippen molar-refractivity contribution in [2.45, 2.75) is 45.7 Å². The third kappa shape index (κ3) is 3.48. The third-order valence-corrected chi connectivity index (χ3v) is 3.00. The molecule has 0 aliphatic carbocycles. The van der Waals surface area contributed by atoms with Gasteiger partial charge in [0.05, 0.1) is 0 Å². The number of nitrogens with two attached hydrogens (primary N) is 1. The van der Waals surface area contributed by atoms with Gasteiger partial charge in [0.15, 0.2) is 0 Å². The van der Waals surface area contributed by atoms with Gasteiger partial charge in [0.2, 0.25) is 5.91 Å². The molecule has 1 atom stereocenters. The molecule has 5 heteroatoms. The molecule has 3 N–H and O–H groups in total. The van der Waals surface area contributed by atoms with Gasteiger partial charge < -0.3 is 15.7 Å². The first kappa shape index (κ1) is 14.9. The van der Waals surface area contributed by atoms with E-state index in [0.29, 0.717) is 0 Å². The number of carboxylic acid groups (broad SMARTS) is 1. The molecule has 0 fully saturated rings. The van der Waals surface area contributed by atoms with Crippen LogP contribution in [0.5, 0.6) is 0 Å². The fourth-order valence-electron chi connectivity index (χ4n) is 1.03. The molecule has 0 rings (SSSR count). The Morgan fingerprint density at radius 2 is 1.81 bits per heavy atom. The van der Waals surface area contributed by atoms with E-state index in [4.69, 9.17) is 10.8 Å². The van der Waals surface area contributed by atoms with E-state index in [-0.39, 0.29) is 24.3 Å². The lowest BCUT2D eigenvalue weighted by Crippen LogP contribution is -2.52. The molecule has 5 nitrogen and oxygen atoms in total. The minimum absolute atomic E-state index is 0.172. The molecule has 0 heterocycles. The number of hydrogen-bond donors (Lipinski definition) is 2. The van der Waals surface area contributed by atoms with Crippen LogP contribution in [0.1, 0.15) is 34.1 Å². The molecule has 1 amide bonds. The van der Waals surface area contributed by atoms with E-state index < -0.39 is 11.5 Å². The number of carbonyl (C=O) groups is 2. The molecule has 0 aromatic carbocycles. The average Bonchev–Trinajstić information content (AvgIpc) is 2.15.